The fourth-order valence-corrected chi connectivity index (χ4v) is 8.22. The van der Waals surface area contributed by atoms with Gasteiger partial charge in [0.25, 0.3) is 0 Å². The quantitative estimate of drug-likeness (QED) is 0.179. The first kappa shape index (κ1) is 26.6. The van der Waals surface area contributed by atoms with Gasteiger partial charge in [0, 0.05) is 16.3 Å². The maximum absolute atomic E-state index is 6.37. The van der Waals surface area contributed by atoms with Crippen molar-refractivity contribution in [3.05, 3.63) is 170 Å². The first-order chi connectivity index (χ1) is 24.3. The van der Waals surface area contributed by atoms with Crippen molar-refractivity contribution in [1.82, 2.24) is 0 Å². The third-order valence-electron chi connectivity index (χ3n) is 10.6. The van der Waals surface area contributed by atoms with E-state index in [4.69, 9.17) is 4.42 Å². The number of fused-ring (bicyclic) bond motifs is 5. The minimum absolute atomic E-state index is 0.925. The van der Waals surface area contributed by atoms with Gasteiger partial charge in [0.15, 0.2) is 0 Å². The molecule has 0 radical (unpaired) electrons. The Morgan fingerprint density at radius 2 is 0.776 bits per heavy atom. The second-order valence-electron chi connectivity index (χ2n) is 13.3. The van der Waals surface area contributed by atoms with E-state index >= 15 is 0 Å². The Balaban J connectivity index is 1.05. The number of rotatable bonds is 3. The van der Waals surface area contributed by atoms with Crippen LogP contribution in [0, 0.1) is 0 Å². The van der Waals surface area contributed by atoms with E-state index in [-0.39, 0.29) is 0 Å². The van der Waals surface area contributed by atoms with Crippen LogP contribution in [-0.2, 0) is 0 Å². The van der Waals surface area contributed by atoms with Crippen molar-refractivity contribution in [3.8, 4) is 33.4 Å². The molecule has 0 saturated carbocycles. The molecule has 1 nitrogen and oxygen atoms in total. The number of furan rings is 1. The summed E-state index contributed by atoms with van der Waals surface area (Å²) >= 11 is 0. The van der Waals surface area contributed by atoms with Crippen molar-refractivity contribution in [3.63, 3.8) is 0 Å². The van der Waals surface area contributed by atoms with Crippen LogP contribution >= 0.6 is 0 Å². The Hall–Kier alpha value is -6.44. The highest BCUT2D eigenvalue weighted by molar-refractivity contribution is 6.27. The highest BCUT2D eigenvalue weighted by Crippen LogP contribution is 2.43. The van der Waals surface area contributed by atoms with E-state index in [0.29, 0.717) is 0 Å². The molecule has 0 spiro atoms. The largest absolute Gasteiger partial charge is 0.455 e. The van der Waals surface area contributed by atoms with Crippen molar-refractivity contribution < 1.29 is 4.42 Å². The number of hydrogen-bond donors (Lipinski definition) is 0. The van der Waals surface area contributed by atoms with Gasteiger partial charge < -0.3 is 4.42 Å². The average Bonchev–Trinajstić information content (AvgIpc) is 3.55. The maximum atomic E-state index is 6.37. The van der Waals surface area contributed by atoms with Crippen LogP contribution < -0.4 is 0 Å². The monoisotopic (exact) mass is 620 g/mol. The molecule has 0 fully saturated rings. The van der Waals surface area contributed by atoms with Crippen molar-refractivity contribution in [1.29, 1.82) is 0 Å². The smallest absolute Gasteiger partial charge is 0.143 e. The van der Waals surface area contributed by atoms with Gasteiger partial charge in [0.05, 0.1) is 0 Å². The van der Waals surface area contributed by atoms with Crippen LogP contribution in [0.2, 0.25) is 0 Å². The SMILES string of the molecule is c1ccc2cc(-c3ccc4ccc5c(-c6ccc7cc(-c8cccc9c8oc8ccccc89)ccc7c6)ccc6ccc3c4c65)ccc2c1. The van der Waals surface area contributed by atoms with Gasteiger partial charge in [-0.05, 0) is 106 Å². The lowest BCUT2D eigenvalue weighted by molar-refractivity contribution is 0.670. The second-order valence-corrected chi connectivity index (χ2v) is 13.3. The Labute approximate surface area is 282 Å². The predicted octanol–water partition coefficient (Wildman–Crippen LogP) is 13.8. The fourth-order valence-electron chi connectivity index (χ4n) is 8.22. The van der Waals surface area contributed by atoms with Crippen LogP contribution in [0.1, 0.15) is 0 Å². The molecule has 1 heteroatoms. The summed E-state index contributed by atoms with van der Waals surface area (Å²) in [5.41, 5.74) is 9.17. The van der Waals surface area contributed by atoms with Crippen molar-refractivity contribution in [2.45, 2.75) is 0 Å². The second kappa shape index (κ2) is 10.0. The lowest BCUT2D eigenvalue weighted by Gasteiger charge is -2.17. The minimum atomic E-state index is 0.925. The van der Waals surface area contributed by atoms with E-state index < -0.39 is 0 Å². The number of benzene rings is 10. The summed E-state index contributed by atoms with van der Waals surface area (Å²) in [6, 6.07) is 62.2. The van der Waals surface area contributed by atoms with Gasteiger partial charge >= 0.3 is 0 Å². The summed E-state index contributed by atoms with van der Waals surface area (Å²) < 4.78 is 6.37. The molecule has 0 amide bonds. The average molecular weight is 621 g/mol. The van der Waals surface area contributed by atoms with Crippen molar-refractivity contribution in [2.75, 3.05) is 0 Å². The highest BCUT2D eigenvalue weighted by Gasteiger charge is 2.16. The molecule has 1 heterocycles. The van der Waals surface area contributed by atoms with Gasteiger partial charge in [0.2, 0.25) is 0 Å². The Bertz CT molecular complexity index is 3100. The maximum Gasteiger partial charge on any atom is 0.143 e. The van der Waals surface area contributed by atoms with Crippen LogP contribution in [0.15, 0.2) is 174 Å². The minimum Gasteiger partial charge on any atom is -0.455 e. The molecule has 0 aliphatic heterocycles. The molecule has 11 aromatic rings. The van der Waals surface area contributed by atoms with E-state index in [2.05, 4.69) is 158 Å². The van der Waals surface area contributed by atoms with Gasteiger partial charge in [0.1, 0.15) is 11.2 Å². The van der Waals surface area contributed by atoms with E-state index in [0.717, 1.165) is 33.1 Å². The van der Waals surface area contributed by atoms with Gasteiger partial charge in [-0.1, -0.05) is 146 Å². The highest BCUT2D eigenvalue weighted by atomic mass is 16.3. The fraction of sp³-hybridized carbons (Fsp3) is 0. The Morgan fingerprint density at radius 3 is 1.45 bits per heavy atom. The topological polar surface area (TPSA) is 13.1 Å². The van der Waals surface area contributed by atoms with Crippen LogP contribution in [0.4, 0.5) is 0 Å². The summed E-state index contributed by atoms with van der Waals surface area (Å²) in [7, 11) is 0. The van der Waals surface area contributed by atoms with E-state index in [1.54, 1.807) is 0 Å². The van der Waals surface area contributed by atoms with Crippen molar-refractivity contribution >= 4 is 75.8 Å². The molecule has 0 aliphatic rings. The van der Waals surface area contributed by atoms with E-state index in [1.165, 1.54) is 76.1 Å². The van der Waals surface area contributed by atoms with Gasteiger partial charge in [-0.2, -0.15) is 0 Å². The summed E-state index contributed by atoms with van der Waals surface area (Å²) in [5.74, 6) is 0. The van der Waals surface area contributed by atoms with Crippen LogP contribution in [0.3, 0.4) is 0 Å². The summed E-state index contributed by atoms with van der Waals surface area (Å²) in [4.78, 5) is 0. The van der Waals surface area contributed by atoms with Gasteiger partial charge in [-0.25, -0.2) is 0 Å². The molecule has 0 saturated heterocycles. The third kappa shape index (κ3) is 3.94. The number of hydrogen-bond acceptors (Lipinski definition) is 1. The predicted molar refractivity (Wildman–Crippen MR) is 209 cm³/mol. The molecule has 0 atom stereocenters. The zero-order valence-corrected chi connectivity index (χ0v) is 26.6. The molecule has 11 rings (SSSR count). The Kier molecular flexibility index (Phi) is 5.45. The molecular formula is C48H28O. The summed E-state index contributed by atoms with van der Waals surface area (Å²) in [6.07, 6.45) is 0. The van der Waals surface area contributed by atoms with Crippen molar-refractivity contribution in [2.24, 2.45) is 0 Å². The van der Waals surface area contributed by atoms with Gasteiger partial charge in [-0.3, -0.25) is 0 Å². The summed E-state index contributed by atoms with van der Waals surface area (Å²) in [5, 5.41) is 15.1. The molecular weight excluding hydrogens is 593 g/mol. The zero-order valence-electron chi connectivity index (χ0n) is 26.6. The lowest BCUT2D eigenvalue weighted by atomic mass is 9.86. The van der Waals surface area contributed by atoms with Gasteiger partial charge in [-0.15, -0.1) is 0 Å². The molecule has 1 aromatic heterocycles. The summed E-state index contributed by atoms with van der Waals surface area (Å²) in [6.45, 7) is 0. The normalized spacial score (nSPS) is 12.1. The molecule has 0 aliphatic carbocycles. The molecule has 0 N–H and O–H groups in total. The van der Waals surface area contributed by atoms with Crippen LogP contribution in [-0.4, -0.2) is 0 Å². The lowest BCUT2D eigenvalue weighted by Crippen LogP contribution is -1.90. The molecule has 10 aromatic carbocycles. The van der Waals surface area contributed by atoms with E-state index in [1.807, 2.05) is 12.1 Å². The first-order valence-corrected chi connectivity index (χ1v) is 16.9. The third-order valence-corrected chi connectivity index (χ3v) is 10.6. The molecule has 0 unspecified atom stereocenters. The molecule has 0 bridgehead atoms. The molecule has 226 valence electrons. The van der Waals surface area contributed by atoms with Crippen LogP contribution in [0.5, 0.6) is 0 Å². The zero-order chi connectivity index (χ0) is 32.1. The first-order valence-electron chi connectivity index (χ1n) is 16.9. The van der Waals surface area contributed by atoms with E-state index in [9.17, 15) is 0 Å². The molecule has 49 heavy (non-hydrogen) atoms. The number of para-hydroxylation sites is 2. The Morgan fingerprint density at radius 1 is 0.286 bits per heavy atom. The standard InChI is InChI=1S/C48H28O/c1-2-7-32-26-35(15-12-29(32)6-1)38-22-18-30-21-25-43-39(23-19-31-20-24-42(38)46(30)47(31)43)36-16-13-34-28-37(17-14-33(34)27-36)40-9-5-10-44-41-8-3-4-11-45(41)49-48(40)44/h1-28H. The van der Waals surface area contributed by atoms with Crippen LogP contribution in [0.25, 0.3) is 109 Å².